The van der Waals surface area contributed by atoms with Crippen molar-refractivity contribution in [2.75, 3.05) is 36.5 Å². The molecule has 0 unspecified atom stereocenters. The molecule has 1 atom stereocenters. The fraction of sp³-hybridized carbons (Fsp3) is 0.423. The van der Waals surface area contributed by atoms with E-state index < -0.39 is 17.4 Å². The quantitative estimate of drug-likeness (QED) is 0.240. The Morgan fingerprint density at radius 2 is 1.77 bits per heavy atom. The van der Waals surface area contributed by atoms with Crippen molar-refractivity contribution in [1.29, 1.82) is 0 Å². The molecule has 40 heavy (non-hydrogen) atoms. The minimum absolute atomic E-state index is 0.0142. The number of imidazole rings is 1. The number of piperidine rings is 1. The van der Waals surface area contributed by atoms with E-state index in [2.05, 4.69) is 19.5 Å². The number of ether oxygens (including phenoxy) is 2. The Kier molecular flexibility index (Phi) is 9.25. The first-order valence-electron chi connectivity index (χ1n) is 12.6. The first-order valence-corrected chi connectivity index (χ1v) is 13.0. The number of aliphatic hydroxyl groups is 1. The number of aryl methyl sites for hydroxylation is 1. The van der Waals surface area contributed by atoms with Crippen molar-refractivity contribution in [3.63, 3.8) is 0 Å². The molecule has 0 aliphatic carbocycles. The molecule has 216 valence electrons. The molecule has 0 spiro atoms. The maximum atomic E-state index is 12.4. The van der Waals surface area contributed by atoms with E-state index in [0.717, 1.165) is 37.3 Å². The molecule has 1 fully saturated rings. The third-order valence-electron chi connectivity index (χ3n) is 6.74. The van der Waals surface area contributed by atoms with Crippen molar-refractivity contribution in [2.24, 2.45) is 0 Å². The SMILES string of the molecule is CN(c1ccc(OC(F)(F)F)cc1)C1CCN(c2ccc(OC[C@H](O)CCn3cc([N+](=O)[O-])nc3Cl)cc2)CC1. The van der Waals surface area contributed by atoms with Gasteiger partial charge in [0.2, 0.25) is 0 Å². The van der Waals surface area contributed by atoms with Gasteiger partial charge in [0.05, 0.1) is 6.10 Å². The van der Waals surface area contributed by atoms with Gasteiger partial charge in [-0.1, -0.05) is 0 Å². The van der Waals surface area contributed by atoms with Gasteiger partial charge >= 0.3 is 17.5 Å². The van der Waals surface area contributed by atoms with Crippen LogP contribution in [0.4, 0.5) is 30.4 Å². The number of nitro groups is 1. The van der Waals surface area contributed by atoms with Crippen molar-refractivity contribution in [3.05, 3.63) is 70.1 Å². The number of benzene rings is 2. The summed E-state index contributed by atoms with van der Waals surface area (Å²) < 4.78 is 48.2. The lowest BCUT2D eigenvalue weighted by Gasteiger charge is -2.39. The monoisotopic (exact) mass is 583 g/mol. The van der Waals surface area contributed by atoms with Crippen LogP contribution >= 0.6 is 11.6 Å². The average molecular weight is 584 g/mol. The van der Waals surface area contributed by atoms with E-state index in [1.165, 1.54) is 22.9 Å². The van der Waals surface area contributed by atoms with Gasteiger partial charge in [0.25, 0.3) is 0 Å². The molecule has 4 rings (SSSR count). The highest BCUT2D eigenvalue weighted by Gasteiger charge is 2.31. The molecule has 10 nitrogen and oxygen atoms in total. The summed E-state index contributed by atoms with van der Waals surface area (Å²) in [5.41, 5.74) is 1.87. The second kappa shape index (κ2) is 12.6. The van der Waals surface area contributed by atoms with Crippen LogP contribution in [0.1, 0.15) is 19.3 Å². The van der Waals surface area contributed by atoms with Crippen LogP contribution in [0.3, 0.4) is 0 Å². The van der Waals surface area contributed by atoms with Gasteiger partial charge in [-0.2, -0.15) is 0 Å². The van der Waals surface area contributed by atoms with Gasteiger partial charge in [-0.05, 0) is 89.3 Å². The van der Waals surface area contributed by atoms with E-state index in [9.17, 15) is 28.4 Å². The summed E-state index contributed by atoms with van der Waals surface area (Å²) in [7, 11) is 1.94. The third-order valence-corrected chi connectivity index (χ3v) is 7.04. The van der Waals surface area contributed by atoms with E-state index in [1.54, 1.807) is 12.1 Å². The Morgan fingerprint density at radius 1 is 1.15 bits per heavy atom. The van der Waals surface area contributed by atoms with Gasteiger partial charge in [-0.3, -0.25) is 4.57 Å². The highest BCUT2D eigenvalue weighted by Crippen LogP contribution is 2.29. The van der Waals surface area contributed by atoms with Crippen LogP contribution in [-0.4, -0.2) is 64.8 Å². The van der Waals surface area contributed by atoms with E-state index in [0.29, 0.717) is 5.75 Å². The Morgan fingerprint density at radius 3 is 2.35 bits per heavy atom. The summed E-state index contributed by atoms with van der Waals surface area (Å²) in [5, 5.41) is 21.0. The summed E-state index contributed by atoms with van der Waals surface area (Å²) in [6, 6.07) is 13.7. The van der Waals surface area contributed by atoms with Crippen LogP contribution in [0.5, 0.6) is 11.5 Å². The number of halogens is 4. The molecule has 0 amide bonds. The molecule has 2 aromatic carbocycles. The van der Waals surface area contributed by atoms with Crippen LogP contribution in [-0.2, 0) is 6.54 Å². The van der Waals surface area contributed by atoms with Crippen LogP contribution in [0.25, 0.3) is 0 Å². The van der Waals surface area contributed by atoms with Crippen LogP contribution in [0, 0.1) is 10.1 Å². The predicted octanol–water partition coefficient (Wildman–Crippen LogP) is 5.28. The molecular formula is C26H29ClF3N5O5. The number of alkyl halides is 3. The molecule has 0 saturated carbocycles. The van der Waals surface area contributed by atoms with Gasteiger partial charge in [0, 0.05) is 44.1 Å². The summed E-state index contributed by atoms with van der Waals surface area (Å²) in [5.74, 6) is 0.0148. The lowest BCUT2D eigenvalue weighted by molar-refractivity contribution is -0.389. The second-order valence-electron chi connectivity index (χ2n) is 9.44. The zero-order chi connectivity index (χ0) is 28.9. The minimum Gasteiger partial charge on any atom is -0.491 e. The Balaban J connectivity index is 1.20. The molecule has 14 heteroatoms. The molecule has 2 heterocycles. The smallest absolute Gasteiger partial charge is 0.491 e. The first-order chi connectivity index (χ1) is 19.0. The largest absolute Gasteiger partial charge is 0.573 e. The lowest BCUT2D eigenvalue weighted by atomic mass is 10.0. The highest BCUT2D eigenvalue weighted by atomic mass is 35.5. The molecule has 1 N–H and O–H groups in total. The van der Waals surface area contributed by atoms with E-state index in [-0.39, 0.29) is 42.5 Å². The van der Waals surface area contributed by atoms with Crippen molar-refractivity contribution >= 4 is 28.8 Å². The van der Waals surface area contributed by atoms with Crippen molar-refractivity contribution < 1.29 is 32.7 Å². The molecule has 1 aliphatic rings. The molecule has 1 saturated heterocycles. The molecule has 3 aromatic rings. The van der Waals surface area contributed by atoms with Gasteiger partial charge < -0.3 is 34.5 Å². The fourth-order valence-corrected chi connectivity index (χ4v) is 4.77. The standard InChI is InChI=1S/C26H29ClF3N5O5/c1-32(18-2-8-23(9-3-18)40-26(28,29)30)19-10-13-33(14-11-19)20-4-6-22(7-5-20)39-17-21(36)12-15-34-16-24(35(37)38)31-25(34)27/h2-9,16,19,21,36H,10-15,17H2,1H3/t21-/m1/s1. The van der Waals surface area contributed by atoms with Crippen molar-refractivity contribution in [3.8, 4) is 11.5 Å². The fourth-order valence-electron chi connectivity index (χ4n) is 4.55. The third kappa shape index (κ3) is 7.92. The van der Waals surface area contributed by atoms with E-state index in [4.69, 9.17) is 16.3 Å². The number of aromatic nitrogens is 2. The Bertz CT molecular complexity index is 1270. The van der Waals surface area contributed by atoms with Gasteiger partial charge in [0.15, 0.2) is 0 Å². The van der Waals surface area contributed by atoms with Gasteiger partial charge in [0.1, 0.15) is 24.3 Å². The molecule has 1 aliphatic heterocycles. The number of anilines is 2. The number of hydrogen-bond acceptors (Lipinski definition) is 8. The number of hydrogen-bond donors (Lipinski definition) is 1. The molecular weight excluding hydrogens is 555 g/mol. The maximum absolute atomic E-state index is 12.4. The first kappa shape index (κ1) is 29.3. The number of nitrogens with zero attached hydrogens (tertiary/aromatic N) is 5. The lowest BCUT2D eigenvalue weighted by Crippen LogP contribution is -2.43. The van der Waals surface area contributed by atoms with Crippen molar-refractivity contribution in [2.45, 2.75) is 44.3 Å². The Labute approximate surface area is 233 Å². The highest BCUT2D eigenvalue weighted by molar-refractivity contribution is 6.28. The number of aliphatic hydroxyl groups excluding tert-OH is 1. The molecule has 0 radical (unpaired) electrons. The normalized spacial score (nSPS) is 15.1. The van der Waals surface area contributed by atoms with E-state index >= 15 is 0 Å². The van der Waals surface area contributed by atoms with Gasteiger partial charge in [-0.25, -0.2) is 0 Å². The zero-order valence-corrected chi connectivity index (χ0v) is 22.4. The van der Waals surface area contributed by atoms with Crippen LogP contribution in [0.15, 0.2) is 54.7 Å². The van der Waals surface area contributed by atoms with Crippen molar-refractivity contribution in [1.82, 2.24) is 9.55 Å². The Hall–Kier alpha value is -3.71. The van der Waals surface area contributed by atoms with E-state index in [1.807, 2.05) is 31.3 Å². The minimum atomic E-state index is -4.71. The summed E-state index contributed by atoms with van der Waals surface area (Å²) in [4.78, 5) is 18.1. The summed E-state index contributed by atoms with van der Waals surface area (Å²) in [6.45, 7) is 1.94. The zero-order valence-electron chi connectivity index (χ0n) is 21.6. The molecule has 0 bridgehead atoms. The van der Waals surface area contributed by atoms with Crippen LogP contribution < -0.4 is 19.3 Å². The predicted molar refractivity (Wildman–Crippen MR) is 143 cm³/mol. The maximum Gasteiger partial charge on any atom is 0.573 e. The van der Waals surface area contributed by atoms with Crippen LogP contribution in [0.2, 0.25) is 5.28 Å². The second-order valence-corrected chi connectivity index (χ2v) is 9.77. The molecule has 1 aromatic heterocycles. The summed E-state index contributed by atoms with van der Waals surface area (Å²) in [6.07, 6.45) is -2.25. The topological polar surface area (TPSA) is 106 Å². The summed E-state index contributed by atoms with van der Waals surface area (Å²) >= 11 is 5.89. The van der Waals surface area contributed by atoms with Gasteiger partial charge in [-0.15, -0.1) is 13.2 Å². The number of rotatable bonds is 11. The average Bonchev–Trinajstić information content (AvgIpc) is 3.31.